The van der Waals surface area contributed by atoms with Gasteiger partial charge in [-0.1, -0.05) is 6.92 Å². The molecule has 0 fully saturated rings. The van der Waals surface area contributed by atoms with E-state index in [2.05, 4.69) is 4.72 Å². The van der Waals surface area contributed by atoms with Crippen molar-refractivity contribution in [2.24, 2.45) is 0 Å². The van der Waals surface area contributed by atoms with Crippen LogP contribution in [-0.4, -0.2) is 19.1 Å². The Bertz CT molecular complexity index is 571. The number of rotatable bonds is 5. The zero-order valence-electron chi connectivity index (χ0n) is 11.0. The van der Waals surface area contributed by atoms with Gasteiger partial charge in [-0.05, 0) is 38.0 Å². The summed E-state index contributed by atoms with van der Waals surface area (Å²) in [6.07, 6.45) is 0.482. The number of halogens is 2. The quantitative estimate of drug-likeness (QED) is 0.871. The minimum atomic E-state index is -4.19. The number of benzene rings is 1. The second kappa shape index (κ2) is 5.52. The van der Waals surface area contributed by atoms with Gasteiger partial charge >= 0.3 is 0 Å². The topological polar surface area (TPSA) is 66.4 Å². The number of nitrogens with one attached hydrogen (secondary N) is 1. The highest BCUT2D eigenvalue weighted by Crippen LogP contribution is 2.22. The monoisotopic (exact) mass is 293 g/mol. The Balaban J connectivity index is 3.33. The third-order valence-electron chi connectivity index (χ3n) is 2.82. The van der Waals surface area contributed by atoms with Crippen LogP contribution in [0.1, 0.15) is 32.8 Å². The molecule has 4 nitrogen and oxygen atoms in total. The van der Waals surface area contributed by atoms with Gasteiger partial charge in [-0.3, -0.25) is 0 Å². The molecule has 0 aromatic heterocycles. The van der Waals surface area contributed by atoms with Gasteiger partial charge in [-0.15, -0.1) is 0 Å². The van der Waals surface area contributed by atoms with Gasteiger partial charge in [0.1, 0.15) is 4.90 Å². The van der Waals surface area contributed by atoms with Crippen LogP contribution in [0.3, 0.4) is 0 Å². The maximum Gasteiger partial charge on any atom is 0.244 e. The first-order valence-electron chi connectivity index (χ1n) is 5.75. The van der Waals surface area contributed by atoms with Crippen LogP contribution in [0.15, 0.2) is 17.0 Å². The Labute approximate surface area is 111 Å². The second-order valence-corrected chi connectivity index (χ2v) is 6.54. The molecule has 0 saturated carbocycles. The van der Waals surface area contributed by atoms with Crippen molar-refractivity contribution in [3.63, 3.8) is 0 Å². The Hall–Kier alpha value is -1.05. The van der Waals surface area contributed by atoms with Crippen LogP contribution in [0.5, 0.6) is 0 Å². The number of hydrogen-bond donors (Lipinski definition) is 2. The van der Waals surface area contributed by atoms with E-state index in [1.807, 2.05) is 0 Å². The van der Waals surface area contributed by atoms with Crippen molar-refractivity contribution in [3.8, 4) is 0 Å². The molecule has 19 heavy (non-hydrogen) atoms. The molecule has 1 aromatic rings. The van der Waals surface area contributed by atoms with Crippen LogP contribution in [-0.2, 0) is 16.6 Å². The number of hydrogen-bond acceptors (Lipinski definition) is 3. The van der Waals surface area contributed by atoms with Crippen molar-refractivity contribution in [1.82, 2.24) is 4.72 Å². The van der Waals surface area contributed by atoms with Crippen molar-refractivity contribution in [2.45, 2.75) is 44.2 Å². The highest BCUT2D eigenvalue weighted by molar-refractivity contribution is 7.89. The summed E-state index contributed by atoms with van der Waals surface area (Å²) < 4.78 is 53.3. The fourth-order valence-corrected chi connectivity index (χ4v) is 3.02. The van der Waals surface area contributed by atoms with E-state index in [1.54, 1.807) is 20.8 Å². The van der Waals surface area contributed by atoms with Crippen LogP contribution >= 0.6 is 0 Å². The van der Waals surface area contributed by atoms with E-state index in [0.717, 1.165) is 12.1 Å². The number of sulfonamides is 1. The normalized spacial score (nSPS) is 12.7. The summed E-state index contributed by atoms with van der Waals surface area (Å²) in [4.78, 5) is -0.793. The third kappa shape index (κ3) is 3.71. The fourth-order valence-electron chi connectivity index (χ4n) is 1.39. The molecule has 2 N–H and O–H groups in total. The van der Waals surface area contributed by atoms with Crippen LogP contribution in [0, 0.1) is 11.6 Å². The molecule has 0 saturated heterocycles. The molecule has 0 aliphatic heterocycles. The molecule has 1 rings (SSSR count). The fraction of sp³-hybridized carbons (Fsp3) is 0.500. The van der Waals surface area contributed by atoms with Gasteiger partial charge in [0, 0.05) is 5.54 Å². The predicted molar refractivity (Wildman–Crippen MR) is 67.0 cm³/mol. The lowest BCUT2D eigenvalue weighted by atomic mass is 10.0. The lowest BCUT2D eigenvalue weighted by molar-refractivity contribution is 0.280. The summed E-state index contributed by atoms with van der Waals surface area (Å²) in [5.41, 5.74) is -0.787. The molecule has 108 valence electrons. The predicted octanol–water partition coefficient (Wildman–Crippen LogP) is 1.92. The van der Waals surface area contributed by atoms with Crippen molar-refractivity contribution in [1.29, 1.82) is 0 Å². The molecule has 0 aliphatic rings. The largest absolute Gasteiger partial charge is 0.392 e. The van der Waals surface area contributed by atoms with Gasteiger partial charge in [0.05, 0.1) is 6.61 Å². The third-order valence-corrected chi connectivity index (χ3v) is 4.52. The zero-order chi connectivity index (χ0) is 14.8. The number of aliphatic hydroxyl groups is 1. The van der Waals surface area contributed by atoms with E-state index in [-0.39, 0.29) is 5.56 Å². The molecule has 7 heteroatoms. The summed E-state index contributed by atoms with van der Waals surface area (Å²) in [5.74, 6) is -2.75. The molecule has 0 bridgehead atoms. The molecule has 0 radical (unpaired) electrons. The zero-order valence-corrected chi connectivity index (χ0v) is 11.8. The molecule has 0 spiro atoms. The summed E-state index contributed by atoms with van der Waals surface area (Å²) in [5, 5.41) is 8.92. The molecular weight excluding hydrogens is 276 g/mol. The summed E-state index contributed by atoms with van der Waals surface area (Å²) in [6, 6.07) is 1.69. The van der Waals surface area contributed by atoms with Crippen LogP contribution in [0.25, 0.3) is 0 Å². The van der Waals surface area contributed by atoms with Gasteiger partial charge in [0.25, 0.3) is 0 Å². The van der Waals surface area contributed by atoms with Crippen molar-refractivity contribution >= 4 is 10.0 Å². The highest BCUT2D eigenvalue weighted by atomic mass is 32.2. The standard InChI is InChI=1S/C12H17F2NO3S/c1-4-12(2,3)15-19(17,18)10-6-8(7-16)5-9(13)11(10)14/h5-6,15-16H,4,7H2,1-3H3. The van der Waals surface area contributed by atoms with Gasteiger partial charge in [0.2, 0.25) is 10.0 Å². The van der Waals surface area contributed by atoms with Gasteiger partial charge in [-0.25, -0.2) is 21.9 Å². The lowest BCUT2D eigenvalue weighted by Crippen LogP contribution is -2.43. The smallest absolute Gasteiger partial charge is 0.244 e. The van der Waals surface area contributed by atoms with Gasteiger partial charge in [0.15, 0.2) is 11.6 Å². The molecule has 0 aliphatic carbocycles. The van der Waals surface area contributed by atoms with E-state index in [4.69, 9.17) is 5.11 Å². The maximum absolute atomic E-state index is 13.6. The van der Waals surface area contributed by atoms with E-state index in [0.29, 0.717) is 6.42 Å². The van der Waals surface area contributed by atoms with E-state index in [9.17, 15) is 17.2 Å². The van der Waals surface area contributed by atoms with E-state index >= 15 is 0 Å². The van der Waals surface area contributed by atoms with Crippen LogP contribution < -0.4 is 4.72 Å². The minimum absolute atomic E-state index is 0.00594. The molecule has 0 heterocycles. The molecular formula is C12H17F2NO3S. The number of aliphatic hydroxyl groups excluding tert-OH is 1. The Morgan fingerprint density at radius 2 is 1.89 bits per heavy atom. The summed E-state index contributed by atoms with van der Waals surface area (Å²) in [6.45, 7) is 4.46. The van der Waals surface area contributed by atoms with Gasteiger partial charge < -0.3 is 5.11 Å². The van der Waals surface area contributed by atoms with E-state index in [1.165, 1.54) is 0 Å². The first-order valence-corrected chi connectivity index (χ1v) is 7.24. The Morgan fingerprint density at radius 3 is 2.37 bits per heavy atom. The lowest BCUT2D eigenvalue weighted by Gasteiger charge is -2.24. The highest BCUT2D eigenvalue weighted by Gasteiger charge is 2.28. The van der Waals surface area contributed by atoms with Crippen LogP contribution in [0.4, 0.5) is 8.78 Å². The molecule has 0 amide bonds. The summed E-state index contributed by atoms with van der Waals surface area (Å²) in [7, 11) is -4.19. The first-order chi connectivity index (χ1) is 8.63. The average Bonchev–Trinajstić information content (AvgIpc) is 2.31. The average molecular weight is 293 g/mol. The first kappa shape index (κ1) is 16.0. The SMILES string of the molecule is CCC(C)(C)NS(=O)(=O)c1cc(CO)cc(F)c1F. The Kier molecular flexibility index (Phi) is 4.65. The molecule has 0 unspecified atom stereocenters. The van der Waals surface area contributed by atoms with Crippen molar-refractivity contribution < 1.29 is 22.3 Å². The van der Waals surface area contributed by atoms with Crippen molar-refractivity contribution in [2.75, 3.05) is 0 Å². The Morgan fingerprint density at radius 1 is 1.32 bits per heavy atom. The van der Waals surface area contributed by atoms with E-state index < -0.39 is 38.7 Å². The molecule has 0 atom stereocenters. The molecule has 1 aromatic carbocycles. The van der Waals surface area contributed by atoms with Crippen molar-refractivity contribution in [3.05, 3.63) is 29.3 Å². The second-order valence-electron chi connectivity index (χ2n) is 4.89. The maximum atomic E-state index is 13.6. The minimum Gasteiger partial charge on any atom is -0.392 e. The summed E-state index contributed by atoms with van der Waals surface area (Å²) >= 11 is 0. The van der Waals surface area contributed by atoms with Crippen LogP contribution in [0.2, 0.25) is 0 Å². The van der Waals surface area contributed by atoms with Gasteiger partial charge in [-0.2, -0.15) is 0 Å².